The quantitative estimate of drug-likeness (QED) is 0.476. The molecule has 0 radical (unpaired) electrons. The molecule has 1 aliphatic carbocycles. The Morgan fingerprint density at radius 1 is 0.906 bits per heavy atom. The standard InChI is InChI=1S/C27H27N3O2/c31-27-18-25(32-19-20-4-2-1-3-5-20)11-13-30(27)23-8-9-26-21(16-23)17-24-10-12-28(22-6-7-22)14-15-29(24)26/h1-5,8-9,11,13,16-18,22H,6-7,10,12,14-15,19H2. The Morgan fingerprint density at radius 2 is 1.78 bits per heavy atom. The number of nitrogens with zero attached hydrogens (tertiary/aromatic N) is 3. The van der Waals surface area contributed by atoms with Crippen molar-refractivity contribution in [3.05, 3.63) is 94.5 Å². The van der Waals surface area contributed by atoms with E-state index in [2.05, 4.69) is 27.7 Å². The Morgan fingerprint density at radius 3 is 2.59 bits per heavy atom. The van der Waals surface area contributed by atoms with E-state index < -0.39 is 0 Å². The summed E-state index contributed by atoms with van der Waals surface area (Å²) < 4.78 is 9.96. The van der Waals surface area contributed by atoms with Crippen LogP contribution in [0.4, 0.5) is 0 Å². The summed E-state index contributed by atoms with van der Waals surface area (Å²) in [7, 11) is 0. The smallest absolute Gasteiger partial charge is 0.258 e. The van der Waals surface area contributed by atoms with Gasteiger partial charge in [-0.15, -0.1) is 0 Å². The van der Waals surface area contributed by atoms with Crippen LogP contribution in [-0.2, 0) is 19.6 Å². The van der Waals surface area contributed by atoms with Crippen molar-refractivity contribution in [2.24, 2.45) is 0 Å². The van der Waals surface area contributed by atoms with Crippen molar-refractivity contribution < 1.29 is 4.74 Å². The monoisotopic (exact) mass is 425 g/mol. The molecule has 2 aliphatic rings. The first-order chi connectivity index (χ1) is 15.7. The van der Waals surface area contributed by atoms with Gasteiger partial charge < -0.3 is 9.30 Å². The van der Waals surface area contributed by atoms with E-state index in [1.807, 2.05) is 42.5 Å². The normalized spacial score (nSPS) is 16.6. The number of benzene rings is 2. The summed E-state index contributed by atoms with van der Waals surface area (Å²) in [5.41, 5.74) is 4.54. The molecule has 0 unspecified atom stereocenters. The lowest BCUT2D eigenvalue weighted by Crippen LogP contribution is -2.29. The Hall–Kier alpha value is -3.31. The van der Waals surface area contributed by atoms with Crippen LogP contribution in [0.25, 0.3) is 16.6 Å². The Bertz CT molecular complexity index is 1320. The maximum Gasteiger partial charge on any atom is 0.258 e. The van der Waals surface area contributed by atoms with Gasteiger partial charge in [-0.05, 0) is 48.7 Å². The lowest BCUT2D eigenvalue weighted by Gasteiger charge is -2.18. The molecule has 1 aliphatic heterocycles. The number of ether oxygens (including phenoxy) is 1. The van der Waals surface area contributed by atoms with E-state index in [4.69, 9.17) is 4.74 Å². The van der Waals surface area contributed by atoms with Gasteiger partial charge in [-0.25, -0.2) is 0 Å². The molecule has 2 aromatic carbocycles. The Kier molecular flexibility index (Phi) is 4.84. The largest absolute Gasteiger partial charge is 0.489 e. The van der Waals surface area contributed by atoms with Crippen molar-refractivity contribution in [1.29, 1.82) is 0 Å². The number of hydrogen-bond acceptors (Lipinski definition) is 3. The van der Waals surface area contributed by atoms with Crippen LogP contribution in [0.3, 0.4) is 0 Å². The summed E-state index contributed by atoms with van der Waals surface area (Å²) in [5.74, 6) is 0.590. The van der Waals surface area contributed by atoms with Gasteiger partial charge in [-0.2, -0.15) is 0 Å². The van der Waals surface area contributed by atoms with E-state index >= 15 is 0 Å². The SMILES string of the molecule is O=c1cc(OCc2ccccc2)ccn1-c1ccc2c(c1)cc1n2CCN(C2CC2)CC1. The molecular formula is C27H27N3O2. The topological polar surface area (TPSA) is 39.4 Å². The molecule has 0 amide bonds. The summed E-state index contributed by atoms with van der Waals surface area (Å²) in [5, 5.41) is 1.20. The molecule has 32 heavy (non-hydrogen) atoms. The van der Waals surface area contributed by atoms with Gasteiger partial charge in [0.15, 0.2) is 0 Å². The van der Waals surface area contributed by atoms with Gasteiger partial charge in [-0.3, -0.25) is 14.3 Å². The van der Waals surface area contributed by atoms with E-state index in [1.165, 1.54) is 29.4 Å². The molecule has 1 saturated carbocycles. The van der Waals surface area contributed by atoms with Crippen molar-refractivity contribution >= 4 is 10.9 Å². The molecule has 4 aromatic rings. The summed E-state index contributed by atoms with van der Waals surface area (Å²) in [4.78, 5) is 15.5. The molecule has 2 aromatic heterocycles. The van der Waals surface area contributed by atoms with Gasteiger partial charge in [0.25, 0.3) is 5.56 Å². The molecule has 0 saturated heterocycles. The number of fused-ring (bicyclic) bond motifs is 3. The highest BCUT2D eigenvalue weighted by Gasteiger charge is 2.30. The molecule has 0 spiro atoms. The van der Waals surface area contributed by atoms with Crippen molar-refractivity contribution in [3.8, 4) is 11.4 Å². The average Bonchev–Trinajstić information content (AvgIpc) is 3.62. The maximum absolute atomic E-state index is 12.8. The second-order valence-electron chi connectivity index (χ2n) is 8.89. The maximum atomic E-state index is 12.8. The van der Waals surface area contributed by atoms with Crippen LogP contribution in [0, 0.1) is 0 Å². The number of rotatable bonds is 5. The molecule has 3 heterocycles. The zero-order valence-electron chi connectivity index (χ0n) is 18.1. The van der Waals surface area contributed by atoms with Crippen LogP contribution >= 0.6 is 0 Å². The average molecular weight is 426 g/mol. The molecule has 0 bridgehead atoms. The third-order valence-corrected chi connectivity index (χ3v) is 6.72. The molecule has 5 heteroatoms. The van der Waals surface area contributed by atoms with Crippen molar-refractivity contribution in [2.75, 3.05) is 13.1 Å². The molecule has 5 nitrogen and oxygen atoms in total. The van der Waals surface area contributed by atoms with E-state index in [9.17, 15) is 4.79 Å². The fourth-order valence-electron chi connectivity index (χ4n) is 4.84. The van der Waals surface area contributed by atoms with Crippen LogP contribution in [0.5, 0.6) is 5.75 Å². The van der Waals surface area contributed by atoms with Crippen LogP contribution in [0.2, 0.25) is 0 Å². The predicted octanol–water partition coefficient (Wildman–Crippen LogP) is 4.39. The minimum absolute atomic E-state index is 0.0873. The lowest BCUT2D eigenvalue weighted by atomic mass is 10.2. The second kappa shape index (κ2) is 7.99. The van der Waals surface area contributed by atoms with Crippen LogP contribution in [-0.4, -0.2) is 33.2 Å². The fraction of sp³-hybridized carbons (Fsp3) is 0.296. The minimum Gasteiger partial charge on any atom is -0.489 e. The van der Waals surface area contributed by atoms with E-state index in [0.717, 1.165) is 43.3 Å². The highest BCUT2D eigenvalue weighted by atomic mass is 16.5. The fourth-order valence-corrected chi connectivity index (χ4v) is 4.84. The van der Waals surface area contributed by atoms with Crippen molar-refractivity contribution in [1.82, 2.24) is 14.0 Å². The van der Waals surface area contributed by atoms with E-state index in [1.54, 1.807) is 16.8 Å². The van der Waals surface area contributed by atoms with Crippen LogP contribution in [0.15, 0.2) is 77.7 Å². The van der Waals surface area contributed by atoms with Crippen molar-refractivity contribution in [2.45, 2.75) is 38.5 Å². The minimum atomic E-state index is -0.0873. The Labute approximate surface area is 187 Å². The van der Waals surface area contributed by atoms with Gasteiger partial charge in [0.2, 0.25) is 0 Å². The first kappa shape index (κ1) is 19.4. The number of aromatic nitrogens is 2. The molecule has 1 fully saturated rings. The third kappa shape index (κ3) is 3.73. The van der Waals surface area contributed by atoms with Crippen LogP contribution < -0.4 is 10.3 Å². The molecule has 0 atom stereocenters. The lowest BCUT2D eigenvalue weighted by molar-refractivity contribution is 0.270. The highest BCUT2D eigenvalue weighted by Crippen LogP contribution is 2.30. The van der Waals surface area contributed by atoms with Gasteiger partial charge in [0.1, 0.15) is 12.4 Å². The second-order valence-corrected chi connectivity index (χ2v) is 8.89. The molecule has 0 N–H and O–H groups in total. The van der Waals surface area contributed by atoms with E-state index in [0.29, 0.717) is 12.4 Å². The van der Waals surface area contributed by atoms with Gasteiger partial charge in [0.05, 0.1) is 0 Å². The van der Waals surface area contributed by atoms with Crippen molar-refractivity contribution in [3.63, 3.8) is 0 Å². The molecule has 162 valence electrons. The number of pyridine rings is 1. The van der Waals surface area contributed by atoms with Gasteiger partial charge in [0, 0.05) is 66.6 Å². The zero-order valence-corrected chi connectivity index (χ0v) is 18.1. The first-order valence-electron chi connectivity index (χ1n) is 11.5. The van der Waals surface area contributed by atoms with Gasteiger partial charge >= 0.3 is 0 Å². The van der Waals surface area contributed by atoms with Gasteiger partial charge in [-0.1, -0.05) is 30.3 Å². The Balaban J connectivity index is 1.23. The third-order valence-electron chi connectivity index (χ3n) is 6.72. The zero-order chi connectivity index (χ0) is 21.5. The number of hydrogen-bond donors (Lipinski definition) is 0. The highest BCUT2D eigenvalue weighted by molar-refractivity contribution is 5.83. The summed E-state index contributed by atoms with van der Waals surface area (Å²) in [6.07, 6.45) is 5.62. The predicted molar refractivity (Wildman–Crippen MR) is 127 cm³/mol. The first-order valence-corrected chi connectivity index (χ1v) is 11.5. The molecule has 6 rings (SSSR count). The summed E-state index contributed by atoms with van der Waals surface area (Å²) >= 11 is 0. The molecular weight excluding hydrogens is 398 g/mol. The van der Waals surface area contributed by atoms with Crippen LogP contribution in [0.1, 0.15) is 24.1 Å². The summed E-state index contributed by atoms with van der Waals surface area (Å²) in [6, 6.07) is 22.9. The van der Waals surface area contributed by atoms with E-state index in [-0.39, 0.29) is 5.56 Å². The summed E-state index contributed by atoms with van der Waals surface area (Å²) in [6.45, 7) is 3.78.